The third-order valence-corrected chi connectivity index (χ3v) is 6.78. The number of hydrogen-bond donors (Lipinski definition) is 1. The van der Waals surface area contributed by atoms with Crippen molar-refractivity contribution in [2.45, 2.75) is 20.4 Å². The Hall–Kier alpha value is -0.770. The summed E-state index contributed by atoms with van der Waals surface area (Å²) in [5.41, 5.74) is 0.175. The second-order valence-corrected chi connectivity index (χ2v) is 9.42. The van der Waals surface area contributed by atoms with Gasteiger partial charge in [0.1, 0.15) is 5.82 Å². The molecule has 1 atom stereocenters. The summed E-state index contributed by atoms with van der Waals surface area (Å²) in [6, 6.07) is 4.32. The van der Waals surface area contributed by atoms with E-state index in [1.807, 2.05) is 6.92 Å². The standard InChI is InChI=1S/C18H30ClFN4O2S/c1-4-23-8-10-24(11-9-23)13-15(2)12-21-27(25,26)22(3)14-16-17(19)6-5-7-18(16)20/h5-7,15,21H,4,8-14H2,1-3H3. The van der Waals surface area contributed by atoms with Gasteiger partial charge in [-0.05, 0) is 24.6 Å². The van der Waals surface area contributed by atoms with Crippen molar-refractivity contribution >= 4 is 21.8 Å². The molecule has 0 saturated carbocycles. The Balaban J connectivity index is 1.83. The summed E-state index contributed by atoms with van der Waals surface area (Å²) in [5.74, 6) is -0.331. The molecule has 1 aromatic rings. The fourth-order valence-electron chi connectivity index (χ4n) is 3.14. The molecule has 0 radical (unpaired) electrons. The average molecular weight is 421 g/mol. The van der Waals surface area contributed by atoms with Crippen LogP contribution in [0.2, 0.25) is 5.02 Å². The van der Waals surface area contributed by atoms with Crippen molar-refractivity contribution in [3.8, 4) is 0 Å². The smallest absolute Gasteiger partial charge is 0.279 e. The first kappa shape index (κ1) is 22.5. The van der Waals surface area contributed by atoms with E-state index in [0.29, 0.717) is 6.54 Å². The first-order valence-corrected chi connectivity index (χ1v) is 11.1. The van der Waals surface area contributed by atoms with Gasteiger partial charge in [-0.25, -0.2) is 9.11 Å². The van der Waals surface area contributed by atoms with E-state index >= 15 is 0 Å². The van der Waals surface area contributed by atoms with Crippen molar-refractivity contribution in [1.29, 1.82) is 0 Å². The molecule has 154 valence electrons. The maximum Gasteiger partial charge on any atom is 0.279 e. The predicted molar refractivity (Wildman–Crippen MR) is 108 cm³/mol. The molecule has 0 aromatic heterocycles. The van der Waals surface area contributed by atoms with Gasteiger partial charge in [-0.3, -0.25) is 0 Å². The van der Waals surface area contributed by atoms with Crippen LogP contribution in [0, 0.1) is 11.7 Å². The van der Waals surface area contributed by atoms with Gasteiger partial charge < -0.3 is 9.80 Å². The summed E-state index contributed by atoms with van der Waals surface area (Å²) in [7, 11) is -2.29. The molecule has 0 amide bonds. The van der Waals surface area contributed by atoms with Crippen molar-refractivity contribution in [3.63, 3.8) is 0 Å². The lowest BCUT2D eigenvalue weighted by Crippen LogP contribution is -2.48. The summed E-state index contributed by atoms with van der Waals surface area (Å²) in [6.45, 7) is 10.5. The summed E-state index contributed by atoms with van der Waals surface area (Å²) in [4.78, 5) is 4.78. The van der Waals surface area contributed by atoms with Gasteiger partial charge in [0.15, 0.2) is 0 Å². The first-order chi connectivity index (χ1) is 12.7. The van der Waals surface area contributed by atoms with Crippen molar-refractivity contribution < 1.29 is 12.8 Å². The highest BCUT2D eigenvalue weighted by molar-refractivity contribution is 7.87. The molecule has 1 fully saturated rings. The van der Waals surface area contributed by atoms with Gasteiger partial charge in [-0.1, -0.05) is 31.5 Å². The predicted octanol–water partition coefficient (Wildman–Crippen LogP) is 2.02. The van der Waals surface area contributed by atoms with Gasteiger partial charge in [0.25, 0.3) is 10.2 Å². The number of piperazine rings is 1. The molecule has 1 aliphatic rings. The number of rotatable bonds is 9. The third-order valence-electron chi connectivity index (χ3n) is 4.95. The third kappa shape index (κ3) is 6.66. The molecule has 1 heterocycles. The molecule has 1 saturated heterocycles. The highest BCUT2D eigenvalue weighted by atomic mass is 35.5. The van der Waals surface area contributed by atoms with Gasteiger partial charge in [-0.2, -0.15) is 12.7 Å². The fourth-order valence-corrected chi connectivity index (χ4v) is 4.38. The van der Waals surface area contributed by atoms with Crippen LogP contribution in [-0.2, 0) is 16.8 Å². The maximum atomic E-state index is 13.9. The minimum atomic E-state index is -3.71. The number of benzene rings is 1. The highest BCUT2D eigenvalue weighted by Crippen LogP contribution is 2.21. The zero-order chi connectivity index (χ0) is 20.0. The van der Waals surface area contributed by atoms with Gasteiger partial charge >= 0.3 is 0 Å². The van der Waals surface area contributed by atoms with Crippen LogP contribution in [0.4, 0.5) is 4.39 Å². The van der Waals surface area contributed by atoms with E-state index in [-0.39, 0.29) is 23.0 Å². The van der Waals surface area contributed by atoms with Crippen molar-refractivity contribution in [3.05, 3.63) is 34.6 Å². The van der Waals surface area contributed by atoms with E-state index in [0.717, 1.165) is 43.6 Å². The Morgan fingerprint density at radius 2 is 1.89 bits per heavy atom. The van der Waals surface area contributed by atoms with Gasteiger partial charge in [0, 0.05) is 63.4 Å². The lowest BCUT2D eigenvalue weighted by Gasteiger charge is -2.35. The number of nitrogens with one attached hydrogen (secondary N) is 1. The lowest BCUT2D eigenvalue weighted by atomic mass is 10.1. The van der Waals surface area contributed by atoms with E-state index < -0.39 is 16.0 Å². The first-order valence-electron chi connectivity index (χ1n) is 9.31. The topological polar surface area (TPSA) is 55.9 Å². The van der Waals surface area contributed by atoms with Gasteiger partial charge in [0.05, 0.1) is 0 Å². The summed E-state index contributed by atoms with van der Waals surface area (Å²) < 4.78 is 42.5. The SMILES string of the molecule is CCN1CCN(CC(C)CNS(=O)(=O)N(C)Cc2c(F)cccc2Cl)CC1. The second kappa shape index (κ2) is 10.1. The van der Waals surface area contributed by atoms with Crippen molar-refractivity contribution in [1.82, 2.24) is 18.8 Å². The normalized spacial score (nSPS) is 18.1. The summed E-state index contributed by atoms with van der Waals surface area (Å²) in [5, 5.41) is 0.219. The van der Waals surface area contributed by atoms with Crippen molar-refractivity contribution in [2.75, 3.05) is 52.9 Å². The van der Waals surface area contributed by atoms with Crippen molar-refractivity contribution in [2.24, 2.45) is 5.92 Å². The number of likely N-dealkylation sites (N-methyl/N-ethyl adjacent to an activating group) is 1. The van der Waals surface area contributed by atoms with E-state index in [1.54, 1.807) is 6.07 Å². The second-order valence-electron chi connectivity index (χ2n) is 7.15. The molecule has 9 heteroatoms. The van der Waals surface area contributed by atoms with E-state index in [4.69, 9.17) is 11.6 Å². The van der Waals surface area contributed by atoms with Crippen LogP contribution < -0.4 is 4.72 Å². The molecule has 1 unspecified atom stereocenters. The molecular weight excluding hydrogens is 391 g/mol. The number of hydrogen-bond acceptors (Lipinski definition) is 4. The molecular formula is C18H30ClFN4O2S. The lowest BCUT2D eigenvalue weighted by molar-refractivity contribution is 0.125. The van der Waals surface area contributed by atoms with Gasteiger partial charge in [0.2, 0.25) is 0 Å². The maximum absolute atomic E-state index is 13.9. The number of nitrogens with zero attached hydrogens (tertiary/aromatic N) is 3. The molecule has 27 heavy (non-hydrogen) atoms. The molecule has 0 aliphatic carbocycles. The minimum absolute atomic E-state index is 0.117. The number of halogens is 2. The van der Waals surface area contributed by atoms with E-state index in [9.17, 15) is 12.8 Å². The Morgan fingerprint density at radius 1 is 1.26 bits per heavy atom. The summed E-state index contributed by atoms with van der Waals surface area (Å²) >= 11 is 5.99. The van der Waals surface area contributed by atoms with Crippen LogP contribution >= 0.6 is 11.6 Å². The van der Waals surface area contributed by atoms with Crippen LogP contribution in [0.15, 0.2) is 18.2 Å². The monoisotopic (exact) mass is 420 g/mol. The van der Waals surface area contributed by atoms with Gasteiger partial charge in [-0.15, -0.1) is 0 Å². The quantitative estimate of drug-likeness (QED) is 0.664. The summed E-state index contributed by atoms with van der Waals surface area (Å²) in [6.07, 6.45) is 0. The highest BCUT2D eigenvalue weighted by Gasteiger charge is 2.22. The Bertz CT molecular complexity index is 691. The zero-order valence-corrected chi connectivity index (χ0v) is 17.9. The Kier molecular flexibility index (Phi) is 8.45. The Labute approximate surface area is 167 Å². The largest absolute Gasteiger partial charge is 0.301 e. The van der Waals surface area contributed by atoms with Crippen LogP contribution in [0.3, 0.4) is 0 Å². The molecule has 1 aromatic carbocycles. The van der Waals surface area contributed by atoms with Crippen LogP contribution in [0.25, 0.3) is 0 Å². The van der Waals surface area contributed by atoms with Crippen LogP contribution in [0.1, 0.15) is 19.4 Å². The van der Waals surface area contributed by atoms with Crippen LogP contribution in [0.5, 0.6) is 0 Å². The molecule has 0 bridgehead atoms. The fraction of sp³-hybridized carbons (Fsp3) is 0.667. The van der Waals surface area contributed by atoms with Crippen LogP contribution in [-0.4, -0.2) is 75.4 Å². The molecule has 1 N–H and O–H groups in total. The minimum Gasteiger partial charge on any atom is -0.301 e. The Morgan fingerprint density at radius 3 is 2.48 bits per heavy atom. The molecule has 6 nitrogen and oxygen atoms in total. The van der Waals surface area contributed by atoms with E-state index in [1.165, 1.54) is 19.2 Å². The van der Waals surface area contributed by atoms with E-state index in [2.05, 4.69) is 21.4 Å². The molecule has 1 aliphatic heterocycles. The molecule has 2 rings (SSSR count). The molecule has 0 spiro atoms. The average Bonchev–Trinajstić information content (AvgIpc) is 2.63. The zero-order valence-electron chi connectivity index (χ0n) is 16.3.